The van der Waals surface area contributed by atoms with Crippen molar-refractivity contribution in [1.29, 1.82) is 0 Å². The van der Waals surface area contributed by atoms with Gasteiger partial charge in [-0.05, 0) is 56.4 Å². The number of benzene rings is 1. The molecule has 0 spiro atoms. The first-order chi connectivity index (χ1) is 13.3. The molecule has 5 heteroatoms. The Balaban J connectivity index is 1.59. The van der Waals surface area contributed by atoms with Crippen LogP contribution in [-0.4, -0.2) is 38.6 Å². The Morgan fingerprint density at radius 2 is 1.82 bits per heavy atom. The van der Waals surface area contributed by atoms with Gasteiger partial charge in [0.2, 0.25) is 0 Å². The highest BCUT2D eigenvalue weighted by Gasteiger charge is 2.37. The summed E-state index contributed by atoms with van der Waals surface area (Å²) < 4.78 is 2.02. The van der Waals surface area contributed by atoms with Crippen LogP contribution in [0.25, 0.3) is 10.9 Å². The largest absolute Gasteiger partial charge is 0.383 e. The average Bonchev–Trinajstić information content (AvgIpc) is 2.94. The Morgan fingerprint density at radius 1 is 1.11 bits per heavy atom. The number of carbonyl (C=O) groups excluding carboxylic acids is 1. The van der Waals surface area contributed by atoms with Gasteiger partial charge < -0.3 is 14.6 Å². The third-order valence-corrected chi connectivity index (χ3v) is 6.14. The SMILES string of the molecule is Cc1ccc(C2(O)CCN(C(=O)c3c(C)c4cccc(C)c4n3C)CC2)nc1. The maximum atomic E-state index is 13.3. The molecule has 5 nitrogen and oxygen atoms in total. The van der Waals surface area contributed by atoms with Gasteiger partial charge in [0.25, 0.3) is 5.91 Å². The van der Waals surface area contributed by atoms with Crippen molar-refractivity contribution in [2.75, 3.05) is 13.1 Å². The minimum absolute atomic E-state index is 0.0366. The third-order valence-electron chi connectivity index (χ3n) is 6.14. The number of rotatable bonds is 2. The molecule has 1 N–H and O–H groups in total. The third kappa shape index (κ3) is 2.90. The van der Waals surface area contributed by atoms with Crippen molar-refractivity contribution < 1.29 is 9.90 Å². The van der Waals surface area contributed by atoms with E-state index in [1.54, 1.807) is 6.20 Å². The molecule has 28 heavy (non-hydrogen) atoms. The van der Waals surface area contributed by atoms with E-state index in [2.05, 4.69) is 24.0 Å². The topological polar surface area (TPSA) is 58.4 Å². The highest BCUT2D eigenvalue weighted by atomic mass is 16.3. The molecule has 1 aromatic carbocycles. The molecule has 3 aromatic rings. The van der Waals surface area contributed by atoms with Crippen LogP contribution in [0.15, 0.2) is 36.5 Å². The fraction of sp³-hybridized carbons (Fsp3) is 0.391. The van der Waals surface area contributed by atoms with E-state index in [1.165, 1.54) is 5.56 Å². The first-order valence-electron chi connectivity index (χ1n) is 9.81. The molecule has 3 heterocycles. The fourth-order valence-corrected chi connectivity index (χ4v) is 4.43. The molecule has 146 valence electrons. The molecule has 0 aliphatic carbocycles. The normalized spacial score (nSPS) is 16.5. The molecular weight excluding hydrogens is 350 g/mol. The second kappa shape index (κ2) is 6.74. The number of para-hydroxylation sites is 1. The monoisotopic (exact) mass is 377 g/mol. The molecule has 0 atom stereocenters. The number of aryl methyl sites for hydroxylation is 4. The number of aliphatic hydroxyl groups is 1. The number of hydrogen-bond donors (Lipinski definition) is 1. The van der Waals surface area contributed by atoms with Gasteiger partial charge in [-0.15, -0.1) is 0 Å². The lowest BCUT2D eigenvalue weighted by atomic mass is 9.87. The van der Waals surface area contributed by atoms with Crippen LogP contribution in [0.5, 0.6) is 0 Å². The minimum Gasteiger partial charge on any atom is -0.383 e. The quantitative estimate of drug-likeness (QED) is 0.742. The van der Waals surface area contributed by atoms with E-state index in [0.29, 0.717) is 31.6 Å². The van der Waals surface area contributed by atoms with E-state index in [1.807, 2.05) is 48.6 Å². The van der Waals surface area contributed by atoms with Crippen molar-refractivity contribution in [3.63, 3.8) is 0 Å². The predicted molar refractivity (Wildman–Crippen MR) is 110 cm³/mol. The number of nitrogens with zero attached hydrogens (tertiary/aromatic N) is 3. The Bertz CT molecular complexity index is 1040. The number of piperidine rings is 1. The zero-order valence-electron chi connectivity index (χ0n) is 17.0. The summed E-state index contributed by atoms with van der Waals surface area (Å²) in [6, 6.07) is 10.1. The minimum atomic E-state index is -0.963. The summed E-state index contributed by atoms with van der Waals surface area (Å²) in [7, 11) is 1.96. The van der Waals surface area contributed by atoms with Gasteiger partial charge in [0, 0.05) is 31.7 Å². The van der Waals surface area contributed by atoms with Crippen LogP contribution in [0.1, 0.15) is 45.7 Å². The van der Waals surface area contributed by atoms with Crippen LogP contribution in [0, 0.1) is 20.8 Å². The van der Waals surface area contributed by atoms with Crippen LogP contribution in [0.4, 0.5) is 0 Å². The van der Waals surface area contributed by atoms with E-state index in [9.17, 15) is 9.90 Å². The van der Waals surface area contributed by atoms with E-state index in [-0.39, 0.29) is 5.91 Å². The maximum Gasteiger partial charge on any atom is 0.270 e. The molecule has 1 amide bonds. The highest BCUT2D eigenvalue weighted by Crippen LogP contribution is 2.33. The molecule has 1 fully saturated rings. The van der Waals surface area contributed by atoms with Crippen molar-refractivity contribution >= 4 is 16.8 Å². The van der Waals surface area contributed by atoms with E-state index in [4.69, 9.17) is 0 Å². The van der Waals surface area contributed by atoms with Gasteiger partial charge in [-0.3, -0.25) is 9.78 Å². The first kappa shape index (κ1) is 18.7. The molecule has 0 bridgehead atoms. The molecule has 0 unspecified atom stereocenters. The van der Waals surface area contributed by atoms with Crippen LogP contribution in [0.3, 0.4) is 0 Å². The van der Waals surface area contributed by atoms with Crippen molar-refractivity contribution in [1.82, 2.24) is 14.5 Å². The molecule has 1 aliphatic heterocycles. The Labute approximate surface area is 165 Å². The number of pyridine rings is 1. The van der Waals surface area contributed by atoms with Crippen LogP contribution in [0.2, 0.25) is 0 Å². The molecule has 0 saturated carbocycles. The smallest absolute Gasteiger partial charge is 0.270 e. The van der Waals surface area contributed by atoms with Crippen molar-refractivity contribution in [3.8, 4) is 0 Å². The number of hydrogen-bond acceptors (Lipinski definition) is 3. The summed E-state index contributed by atoms with van der Waals surface area (Å²) in [6.07, 6.45) is 2.78. The predicted octanol–water partition coefficient (Wildman–Crippen LogP) is 3.62. The summed E-state index contributed by atoms with van der Waals surface area (Å²) in [6.45, 7) is 7.11. The zero-order valence-corrected chi connectivity index (χ0v) is 17.0. The zero-order chi connectivity index (χ0) is 20.1. The Hall–Kier alpha value is -2.66. The summed E-state index contributed by atoms with van der Waals surface area (Å²) >= 11 is 0. The molecular formula is C23H27N3O2. The van der Waals surface area contributed by atoms with Crippen LogP contribution < -0.4 is 0 Å². The lowest BCUT2D eigenvalue weighted by molar-refractivity contribution is -0.0246. The van der Waals surface area contributed by atoms with Crippen LogP contribution in [-0.2, 0) is 12.6 Å². The lowest BCUT2D eigenvalue weighted by Crippen LogP contribution is -2.46. The van der Waals surface area contributed by atoms with Gasteiger partial charge in [0.1, 0.15) is 11.3 Å². The summed E-state index contributed by atoms with van der Waals surface area (Å²) in [5, 5.41) is 12.2. The molecule has 1 saturated heterocycles. The number of likely N-dealkylation sites (tertiary alicyclic amines) is 1. The van der Waals surface area contributed by atoms with E-state index in [0.717, 1.165) is 27.7 Å². The average molecular weight is 377 g/mol. The van der Waals surface area contributed by atoms with Gasteiger partial charge in [0.15, 0.2) is 0 Å². The van der Waals surface area contributed by atoms with Crippen molar-refractivity contribution in [2.45, 2.75) is 39.2 Å². The summed E-state index contributed by atoms with van der Waals surface area (Å²) in [5.41, 5.74) is 4.84. The second-order valence-electron chi connectivity index (χ2n) is 8.05. The molecule has 0 radical (unpaired) electrons. The lowest BCUT2D eigenvalue weighted by Gasteiger charge is -2.38. The number of carbonyl (C=O) groups is 1. The van der Waals surface area contributed by atoms with Gasteiger partial charge >= 0.3 is 0 Å². The molecule has 1 aliphatic rings. The molecule has 4 rings (SSSR count). The first-order valence-corrected chi connectivity index (χ1v) is 9.81. The maximum absolute atomic E-state index is 13.3. The summed E-state index contributed by atoms with van der Waals surface area (Å²) in [4.78, 5) is 19.6. The van der Waals surface area contributed by atoms with Crippen molar-refractivity contribution in [2.24, 2.45) is 7.05 Å². The van der Waals surface area contributed by atoms with Crippen molar-refractivity contribution in [3.05, 3.63) is 64.6 Å². The second-order valence-corrected chi connectivity index (χ2v) is 8.05. The summed E-state index contributed by atoms with van der Waals surface area (Å²) in [5.74, 6) is 0.0366. The van der Waals surface area contributed by atoms with E-state index >= 15 is 0 Å². The van der Waals surface area contributed by atoms with E-state index < -0.39 is 5.60 Å². The van der Waals surface area contributed by atoms with Gasteiger partial charge in [-0.1, -0.05) is 24.3 Å². The standard InChI is InChI=1S/C23H27N3O2/c1-15-8-9-19(24-14-15)23(28)10-12-26(13-11-23)22(27)21-17(3)18-7-5-6-16(2)20(18)25(21)4/h5-9,14,28H,10-13H2,1-4H3. The van der Waals surface area contributed by atoms with Gasteiger partial charge in [-0.25, -0.2) is 0 Å². The Kier molecular flexibility index (Phi) is 4.50. The number of amides is 1. The molecule has 2 aromatic heterocycles. The number of fused-ring (bicyclic) bond motifs is 1. The van der Waals surface area contributed by atoms with Gasteiger partial charge in [0.05, 0.1) is 11.2 Å². The highest BCUT2D eigenvalue weighted by molar-refractivity contribution is 6.02. The van der Waals surface area contributed by atoms with Gasteiger partial charge in [-0.2, -0.15) is 0 Å². The Morgan fingerprint density at radius 3 is 2.43 bits per heavy atom. The number of aromatic nitrogens is 2. The van der Waals surface area contributed by atoms with Crippen LogP contribution >= 0.6 is 0 Å². The fourth-order valence-electron chi connectivity index (χ4n) is 4.43.